The fourth-order valence-electron chi connectivity index (χ4n) is 4.87. The summed E-state index contributed by atoms with van der Waals surface area (Å²) in [6.07, 6.45) is 14.5. The molecule has 7 heteroatoms. The predicted octanol–water partition coefficient (Wildman–Crippen LogP) is 6.35. The minimum Gasteiger partial charge on any atom is -0.461 e. The van der Waals surface area contributed by atoms with Gasteiger partial charge in [0.2, 0.25) is 5.79 Å². The van der Waals surface area contributed by atoms with E-state index >= 15 is 0 Å². The van der Waals surface area contributed by atoms with Gasteiger partial charge in [-0.2, -0.15) is 0 Å². The zero-order valence-corrected chi connectivity index (χ0v) is 24.5. The van der Waals surface area contributed by atoms with Crippen LogP contribution in [0.1, 0.15) is 120 Å². The maximum Gasteiger partial charge on any atom is 0.305 e. The lowest BCUT2D eigenvalue weighted by Gasteiger charge is -2.35. The van der Waals surface area contributed by atoms with E-state index in [9.17, 15) is 9.90 Å². The molecule has 0 saturated heterocycles. The van der Waals surface area contributed by atoms with E-state index in [2.05, 4.69) is 21.0 Å². The van der Waals surface area contributed by atoms with Crippen LogP contribution in [-0.4, -0.2) is 53.6 Å². The number of pyridine rings is 1. The molecule has 1 N–H and O–H groups in total. The van der Waals surface area contributed by atoms with Crippen LogP contribution in [0.15, 0.2) is 0 Å². The minimum absolute atomic E-state index is 0.105. The lowest BCUT2D eigenvalue weighted by atomic mass is 10.0. The first kappa shape index (κ1) is 31.5. The summed E-state index contributed by atoms with van der Waals surface area (Å²) in [5.74, 6) is -0.0993. The van der Waals surface area contributed by atoms with Crippen LogP contribution in [0.2, 0.25) is 0 Å². The molecule has 212 valence electrons. The molecular weight excluding hydrogens is 468 g/mol. The standard InChI is InChI=1S/C30H53N2O5/c1-7-8-9-10-11-12-13-14-15-16-17-18-28(34)35-20-19-32(5,6)21-27-25(22-33)26-23-36-30(3,4)37-29(26)24(2)31-27/h33H,7-23H2,1-6H3/q+1. The second kappa shape index (κ2) is 15.6. The highest BCUT2D eigenvalue weighted by molar-refractivity contribution is 5.69. The number of carbonyl (C=O) groups excluding carboxylic acids is 1. The third-order valence-corrected chi connectivity index (χ3v) is 7.21. The van der Waals surface area contributed by atoms with Gasteiger partial charge in [0.15, 0.2) is 0 Å². The molecule has 1 aliphatic rings. The first-order chi connectivity index (χ1) is 17.6. The minimum atomic E-state index is -0.708. The summed E-state index contributed by atoms with van der Waals surface area (Å²) < 4.78 is 17.9. The number of nitrogens with zero attached hydrogens (tertiary/aromatic N) is 2. The van der Waals surface area contributed by atoms with Gasteiger partial charge in [0, 0.05) is 31.4 Å². The number of aromatic nitrogens is 1. The van der Waals surface area contributed by atoms with Gasteiger partial charge in [-0.1, -0.05) is 71.1 Å². The molecule has 0 fully saturated rings. The van der Waals surface area contributed by atoms with Crippen molar-refractivity contribution >= 4 is 5.97 Å². The molecule has 0 spiro atoms. The number of hydrogen-bond acceptors (Lipinski definition) is 6. The zero-order valence-electron chi connectivity index (χ0n) is 24.5. The predicted molar refractivity (Wildman–Crippen MR) is 147 cm³/mol. The topological polar surface area (TPSA) is 77.9 Å². The van der Waals surface area contributed by atoms with Crippen LogP contribution in [0, 0.1) is 6.92 Å². The van der Waals surface area contributed by atoms with Crippen LogP contribution in [0.3, 0.4) is 0 Å². The third kappa shape index (κ3) is 11.3. The Morgan fingerprint density at radius 3 is 2.22 bits per heavy atom. The van der Waals surface area contributed by atoms with Crippen molar-refractivity contribution in [1.29, 1.82) is 0 Å². The number of hydrogen-bond donors (Lipinski definition) is 1. The molecule has 0 radical (unpaired) electrons. The van der Waals surface area contributed by atoms with Gasteiger partial charge in [-0.25, -0.2) is 4.98 Å². The average Bonchev–Trinajstić information content (AvgIpc) is 2.82. The Balaban J connectivity index is 1.68. The summed E-state index contributed by atoms with van der Waals surface area (Å²) in [6, 6.07) is 0. The lowest BCUT2D eigenvalue weighted by Crippen LogP contribution is -2.43. The molecule has 7 nitrogen and oxygen atoms in total. The SMILES string of the molecule is CCCCCCCCCCCCCC(=O)OCC[N+](C)(C)Cc1nc(C)c2c(c1CO)COC(C)(C)O2. The smallest absolute Gasteiger partial charge is 0.305 e. The van der Waals surface area contributed by atoms with Crippen molar-refractivity contribution in [2.24, 2.45) is 0 Å². The summed E-state index contributed by atoms with van der Waals surface area (Å²) in [5, 5.41) is 10.1. The Bertz CT molecular complexity index is 838. The molecule has 1 aromatic heterocycles. The molecule has 0 bridgehead atoms. The van der Waals surface area contributed by atoms with Crippen molar-refractivity contribution in [2.45, 2.75) is 130 Å². The maximum atomic E-state index is 12.2. The van der Waals surface area contributed by atoms with E-state index in [1.807, 2.05) is 20.8 Å². The Hall–Kier alpha value is -1.70. The number of quaternary nitrogens is 1. The molecule has 0 saturated carbocycles. The van der Waals surface area contributed by atoms with Gasteiger partial charge in [-0.3, -0.25) is 4.79 Å². The monoisotopic (exact) mass is 521 g/mol. The number of ether oxygens (including phenoxy) is 3. The Morgan fingerprint density at radius 2 is 1.62 bits per heavy atom. The van der Waals surface area contributed by atoms with E-state index in [-0.39, 0.29) is 12.6 Å². The molecule has 0 amide bonds. The number of fused-ring (bicyclic) bond motifs is 1. The second-order valence-electron chi connectivity index (χ2n) is 11.7. The zero-order chi connectivity index (χ0) is 27.3. The number of likely N-dealkylation sites (N-methyl/N-ethyl adjacent to an activating group) is 1. The van der Waals surface area contributed by atoms with Crippen molar-refractivity contribution in [3.63, 3.8) is 0 Å². The van der Waals surface area contributed by atoms with Crippen molar-refractivity contribution in [3.05, 3.63) is 22.5 Å². The van der Waals surface area contributed by atoms with Crippen molar-refractivity contribution < 1.29 is 28.6 Å². The van der Waals surface area contributed by atoms with E-state index in [0.717, 1.165) is 35.4 Å². The fraction of sp³-hybridized carbons (Fsp3) is 0.800. The summed E-state index contributed by atoms with van der Waals surface area (Å²) in [4.78, 5) is 17.0. The van der Waals surface area contributed by atoms with Crippen LogP contribution in [0.4, 0.5) is 0 Å². The van der Waals surface area contributed by atoms with Gasteiger partial charge in [0.05, 0.1) is 33.0 Å². The highest BCUT2D eigenvalue weighted by atomic mass is 16.7. The first-order valence-electron chi connectivity index (χ1n) is 14.5. The van der Waals surface area contributed by atoms with Gasteiger partial charge in [-0.15, -0.1) is 0 Å². The van der Waals surface area contributed by atoms with Gasteiger partial charge in [0.1, 0.15) is 31.1 Å². The molecule has 1 aliphatic heterocycles. The molecule has 0 aliphatic carbocycles. The summed E-state index contributed by atoms with van der Waals surface area (Å²) in [6.45, 7) is 9.87. The van der Waals surface area contributed by atoms with Crippen LogP contribution in [0.25, 0.3) is 0 Å². The number of rotatable bonds is 18. The largest absolute Gasteiger partial charge is 0.461 e. The fourth-order valence-corrected chi connectivity index (χ4v) is 4.87. The Kier molecular flexibility index (Phi) is 13.3. The molecular formula is C30H53N2O5+. The molecule has 2 rings (SSSR count). The second-order valence-corrected chi connectivity index (χ2v) is 11.7. The first-order valence-corrected chi connectivity index (χ1v) is 14.5. The Labute approximate surface area is 225 Å². The molecule has 0 atom stereocenters. The van der Waals surface area contributed by atoms with E-state index in [0.29, 0.717) is 43.0 Å². The number of esters is 1. The quantitative estimate of drug-likeness (QED) is 0.138. The molecule has 1 aromatic rings. The van der Waals surface area contributed by atoms with Crippen molar-refractivity contribution in [2.75, 3.05) is 27.2 Å². The van der Waals surface area contributed by atoms with Crippen LogP contribution in [0.5, 0.6) is 5.75 Å². The average molecular weight is 522 g/mol. The lowest BCUT2D eigenvalue weighted by molar-refractivity contribution is -0.904. The number of aryl methyl sites for hydroxylation is 1. The number of aliphatic hydroxyl groups excluding tert-OH is 1. The number of aliphatic hydroxyl groups is 1. The van der Waals surface area contributed by atoms with Crippen LogP contribution in [-0.2, 0) is 34.0 Å². The van der Waals surface area contributed by atoms with Crippen LogP contribution < -0.4 is 4.74 Å². The van der Waals surface area contributed by atoms with E-state index in [1.54, 1.807) is 0 Å². The molecule has 0 unspecified atom stereocenters. The molecule has 0 aromatic carbocycles. The van der Waals surface area contributed by atoms with Crippen molar-refractivity contribution in [3.8, 4) is 5.75 Å². The van der Waals surface area contributed by atoms with E-state index < -0.39 is 5.79 Å². The third-order valence-electron chi connectivity index (χ3n) is 7.21. The van der Waals surface area contributed by atoms with Gasteiger partial charge in [0.25, 0.3) is 0 Å². The normalized spacial score (nSPS) is 14.8. The highest BCUT2D eigenvalue weighted by Crippen LogP contribution is 2.37. The number of carbonyl (C=O) groups is 1. The molecule has 37 heavy (non-hydrogen) atoms. The highest BCUT2D eigenvalue weighted by Gasteiger charge is 2.33. The van der Waals surface area contributed by atoms with E-state index in [1.165, 1.54) is 57.8 Å². The van der Waals surface area contributed by atoms with Crippen LogP contribution >= 0.6 is 0 Å². The molecule has 2 heterocycles. The summed E-state index contributed by atoms with van der Waals surface area (Å²) >= 11 is 0. The van der Waals surface area contributed by atoms with Crippen molar-refractivity contribution in [1.82, 2.24) is 4.98 Å². The van der Waals surface area contributed by atoms with Gasteiger partial charge >= 0.3 is 5.97 Å². The van der Waals surface area contributed by atoms with Gasteiger partial charge < -0.3 is 23.8 Å². The Morgan fingerprint density at radius 1 is 1.03 bits per heavy atom. The summed E-state index contributed by atoms with van der Waals surface area (Å²) in [7, 11) is 4.18. The number of unbranched alkanes of at least 4 members (excludes halogenated alkanes) is 10. The van der Waals surface area contributed by atoms with Gasteiger partial charge in [-0.05, 0) is 13.3 Å². The van der Waals surface area contributed by atoms with E-state index in [4.69, 9.17) is 19.2 Å². The maximum absolute atomic E-state index is 12.2. The summed E-state index contributed by atoms with van der Waals surface area (Å²) in [5.41, 5.74) is 3.29.